The molecule has 0 spiro atoms. The molecule has 0 saturated carbocycles. The summed E-state index contributed by atoms with van der Waals surface area (Å²) in [6.45, 7) is 11.4. The fraction of sp³-hybridized carbons (Fsp3) is 0.500. The van der Waals surface area contributed by atoms with E-state index in [-0.39, 0.29) is 8.80 Å². The van der Waals surface area contributed by atoms with Gasteiger partial charge < -0.3 is 13.8 Å². The van der Waals surface area contributed by atoms with E-state index in [1.165, 1.54) is 0 Å². The van der Waals surface area contributed by atoms with Gasteiger partial charge in [0.25, 0.3) is 0 Å². The Labute approximate surface area is 48.5 Å². The SMILES string of the molecule is [CH2+]C[Si+](C[CH2-])C[CH2-]. The van der Waals surface area contributed by atoms with Crippen molar-refractivity contribution in [2.24, 2.45) is 0 Å². The van der Waals surface area contributed by atoms with Gasteiger partial charge in [-0.05, 0) is 0 Å². The first-order valence-corrected chi connectivity index (χ1v) is 4.68. The molecule has 0 fully saturated rings. The summed E-state index contributed by atoms with van der Waals surface area (Å²) in [4.78, 5) is 0. The Kier molecular flexibility index (Phi) is 4.30. The second kappa shape index (κ2) is 4.25. The summed E-state index contributed by atoms with van der Waals surface area (Å²) in [5.74, 6) is 0. The van der Waals surface area contributed by atoms with Gasteiger partial charge in [-0.15, -0.1) is 0 Å². The van der Waals surface area contributed by atoms with Gasteiger partial charge in [0.15, 0.2) is 6.04 Å². The van der Waals surface area contributed by atoms with E-state index in [1.54, 1.807) is 0 Å². The molecule has 1 heteroatoms. The van der Waals surface area contributed by atoms with Crippen molar-refractivity contribution in [2.75, 3.05) is 0 Å². The molecule has 0 bridgehead atoms. The molecule has 0 saturated heterocycles. The van der Waals surface area contributed by atoms with Crippen LogP contribution >= 0.6 is 0 Å². The van der Waals surface area contributed by atoms with E-state index in [0.717, 1.165) is 18.1 Å². The van der Waals surface area contributed by atoms with Crippen molar-refractivity contribution < 1.29 is 0 Å². The van der Waals surface area contributed by atoms with Crippen LogP contribution in [0.5, 0.6) is 0 Å². The Morgan fingerprint density at radius 1 is 1.29 bits per heavy atom. The first-order valence-electron chi connectivity index (χ1n) is 2.56. The Balaban J connectivity index is 2.99. The zero-order valence-corrected chi connectivity index (χ0v) is 5.74. The summed E-state index contributed by atoms with van der Waals surface area (Å²) >= 11 is 0. The van der Waals surface area contributed by atoms with E-state index in [9.17, 15) is 0 Å². The van der Waals surface area contributed by atoms with Gasteiger partial charge in [0.1, 0.15) is 0 Å². The second-order valence-electron chi connectivity index (χ2n) is 1.50. The first-order chi connectivity index (χ1) is 3.35. The molecule has 7 heavy (non-hydrogen) atoms. The van der Waals surface area contributed by atoms with E-state index < -0.39 is 0 Å². The van der Waals surface area contributed by atoms with E-state index in [0.29, 0.717) is 0 Å². The van der Waals surface area contributed by atoms with Gasteiger partial charge in [-0.25, -0.2) is 0 Å². The zero-order chi connectivity index (χ0) is 5.70. The lowest BCUT2D eigenvalue weighted by Gasteiger charge is -1.92. The monoisotopic (exact) mass is 112 g/mol. The van der Waals surface area contributed by atoms with Crippen molar-refractivity contribution in [3.05, 3.63) is 20.8 Å². The summed E-state index contributed by atoms with van der Waals surface area (Å²) in [6, 6.07) is 3.24. The predicted octanol–water partition coefficient (Wildman–Crippen LogP) is 1.98. The van der Waals surface area contributed by atoms with Crippen LogP contribution in [-0.4, -0.2) is 8.80 Å². The minimum absolute atomic E-state index is 0.196. The average molecular weight is 112 g/mol. The predicted molar refractivity (Wildman–Crippen MR) is 36.2 cm³/mol. The standard InChI is InChI=1S/C6H12Si/c1-4-7(5-2)6-3/h1-6H2. The first kappa shape index (κ1) is 7.09. The number of hydrogen-bond donors (Lipinski definition) is 0. The average Bonchev–Trinajstić information content (AvgIpc) is 1.72. The summed E-state index contributed by atoms with van der Waals surface area (Å²) in [6.07, 6.45) is 0. The van der Waals surface area contributed by atoms with Crippen molar-refractivity contribution >= 4 is 8.80 Å². The topological polar surface area (TPSA) is 0 Å². The lowest BCUT2D eigenvalue weighted by molar-refractivity contribution is 1.44. The summed E-state index contributed by atoms with van der Waals surface area (Å²) in [7, 11) is -0.196. The van der Waals surface area contributed by atoms with Gasteiger partial charge >= 0.3 is 8.80 Å². The lowest BCUT2D eigenvalue weighted by Crippen LogP contribution is -2.05. The quantitative estimate of drug-likeness (QED) is 0.387. The van der Waals surface area contributed by atoms with E-state index in [4.69, 9.17) is 0 Å². The minimum atomic E-state index is -0.196. The molecule has 0 heterocycles. The van der Waals surface area contributed by atoms with Crippen LogP contribution in [0.1, 0.15) is 0 Å². The molecule has 0 rings (SSSR count). The van der Waals surface area contributed by atoms with Crippen LogP contribution in [0.15, 0.2) is 0 Å². The van der Waals surface area contributed by atoms with E-state index in [1.807, 2.05) is 0 Å². The molecule has 0 atom stereocenters. The van der Waals surface area contributed by atoms with Crippen molar-refractivity contribution in [3.8, 4) is 0 Å². The molecule has 0 amide bonds. The van der Waals surface area contributed by atoms with Crippen LogP contribution in [0, 0.1) is 20.8 Å². The van der Waals surface area contributed by atoms with Crippen molar-refractivity contribution in [1.29, 1.82) is 0 Å². The third kappa shape index (κ3) is 2.74. The normalized spacial score (nSPS) is 8.86. The summed E-state index contributed by atoms with van der Waals surface area (Å²) in [5.41, 5.74) is 0. The second-order valence-corrected chi connectivity index (χ2v) is 4.50. The molecular formula is C6H12Si. The van der Waals surface area contributed by atoms with Crippen LogP contribution in [-0.2, 0) is 0 Å². The fourth-order valence-corrected chi connectivity index (χ4v) is 1.12. The van der Waals surface area contributed by atoms with Gasteiger partial charge in [-0.2, -0.15) is 0 Å². The molecular weight excluding hydrogens is 100 g/mol. The van der Waals surface area contributed by atoms with Gasteiger partial charge in [0.2, 0.25) is 0 Å². The third-order valence-electron chi connectivity index (χ3n) is 1.06. The van der Waals surface area contributed by atoms with Gasteiger partial charge in [0.05, 0.1) is 6.92 Å². The highest BCUT2D eigenvalue weighted by atomic mass is 28.3. The molecule has 0 aliphatic rings. The zero-order valence-electron chi connectivity index (χ0n) is 4.74. The highest BCUT2D eigenvalue weighted by molar-refractivity contribution is 6.59. The highest BCUT2D eigenvalue weighted by Crippen LogP contribution is 2.00. The van der Waals surface area contributed by atoms with Crippen LogP contribution in [0.4, 0.5) is 0 Å². The smallest absolute Gasteiger partial charge is 0.301 e. The highest BCUT2D eigenvalue weighted by Gasteiger charge is 2.13. The summed E-state index contributed by atoms with van der Waals surface area (Å²) in [5, 5.41) is 0. The Morgan fingerprint density at radius 3 is 1.71 bits per heavy atom. The third-order valence-corrected chi connectivity index (χ3v) is 3.18. The molecule has 0 aromatic carbocycles. The van der Waals surface area contributed by atoms with Crippen molar-refractivity contribution in [2.45, 2.75) is 18.1 Å². The molecule has 0 nitrogen and oxygen atoms in total. The fourth-order valence-electron chi connectivity index (χ4n) is 0.375. The van der Waals surface area contributed by atoms with Gasteiger partial charge in [-0.1, -0.05) is 12.1 Å². The van der Waals surface area contributed by atoms with E-state index in [2.05, 4.69) is 20.8 Å². The number of hydrogen-bond acceptors (Lipinski definition) is 0. The largest absolute Gasteiger partial charge is 0.313 e. The Bertz CT molecular complexity index is 25.7. The van der Waals surface area contributed by atoms with Gasteiger partial charge in [-0.3, -0.25) is 0 Å². The maximum absolute atomic E-state index is 3.79. The Hall–Kier alpha value is 0.0869. The van der Waals surface area contributed by atoms with Crippen molar-refractivity contribution in [3.63, 3.8) is 0 Å². The molecule has 0 radical (unpaired) electrons. The number of rotatable bonds is 3. The van der Waals surface area contributed by atoms with Crippen LogP contribution in [0.25, 0.3) is 0 Å². The maximum atomic E-state index is 3.79. The van der Waals surface area contributed by atoms with Crippen molar-refractivity contribution in [1.82, 2.24) is 0 Å². The molecule has 0 N–H and O–H groups in total. The van der Waals surface area contributed by atoms with Gasteiger partial charge in [0, 0.05) is 0 Å². The molecule has 0 aliphatic carbocycles. The summed E-state index contributed by atoms with van der Waals surface area (Å²) < 4.78 is 0. The molecule has 0 aliphatic heterocycles. The maximum Gasteiger partial charge on any atom is 0.301 e. The van der Waals surface area contributed by atoms with Crippen LogP contribution in [0.2, 0.25) is 18.1 Å². The molecule has 0 unspecified atom stereocenters. The molecule has 0 aromatic heterocycles. The lowest BCUT2D eigenvalue weighted by atomic mass is 10.9. The minimum Gasteiger partial charge on any atom is -0.313 e. The Morgan fingerprint density at radius 2 is 1.71 bits per heavy atom. The van der Waals surface area contributed by atoms with Crippen LogP contribution < -0.4 is 0 Å². The molecule has 40 valence electrons. The van der Waals surface area contributed by atoms with E-state index >= 15 is 0 Å². The van der Waals surface area contributed by atoms with Crippen LogP contribution in [0.3, 0.4) is 0 Å². The molecule has 0 aromatic rings.